The van der Waals surface area contributed by atoms with Gasteiger partial charge in [0.1, 0.15) is 6.54 Å². The molecular weight excluding hydrogens is 368 g/mol. The molecule has 1 unspecified atom stereocenters. The Labute approximate surface area is 160 Å². The highest BCUT2D eigenvalue weighted by Gasteiger charge is 2.22. The van der Waals surface area contributed by atoms with Crippen LogP contribution in [0.2, 0.25) is 5.02 Å². The van der Waals surface area contributed by atoms with Gasteiger partial charge in [0.2, 0.25) is 5.78 Å². The Morgan fingerprint density at radius 2 is 1.81 bits per heavy atom. The molecule has 3 aromatic rings. The maximum Gasteiger partial charge on any atom is 0.326 e. The van der Waals surface area contributed by atoms with Gasteiger partial charge in [-0.1, -0.05) is 29.8 Å². The van der Waals surface area contributed by atoms with Gasteiger partial charge in [-0.3, -0.25) is 14.4 Å². The Hall–Kier alpha value is -3.12. The van der Waals surface area contributed by atoms with Gasteiger partial charge in [-0.15, -0.1) is 0 Å². The zero-order valence-electron chi connectivity index (χ0n) is 14.5. The van der Waals surface area contributed by atoms with Crippen LogP contribution in [0.15, 0.2) is 54.7 Å². The number of hydrogen-bond acceptors (Lipinski definition) is 4. The molecule has 6 nitrogen and oxygen atoms in total. The number of carbonyl (C=O) groups is 3. The molecular formula is C20H17ClN2O4. The molecule has 0 aliphatic heterocycles. The number of esters is 1. The quantitative estimate of drug-likeness (QED) is 0.503. The smallest absolute Gasteiger partial charge is 0.326 e. The van der Waals surface area contributed by atoms with Gasteiger partial charge in [0.15, 0.2) is 6.10 Å². The summed E-state index contributed by atoms with van der Waals surface area (Å²) in [5.41, 5.74) is 1.65. The van der Waals surface area contributed by atoms with Gasteiger partial charge in [-0.05, 0) is 37.3 Å². The Bertz CT molecular complexity index is 995. The molecule has 1 aromatic heterocycles. The van der Waals surface area contributed by atoms with Crippen molar-refractivity contribution < 1.29 is 19.1 Å². The van der Waals surface area contributed by atoms with E-state index in [0.717, 1.165) is 10.9 Å². The second-order valence-corrected chi connectivity index (χ2v) is 6.37. The third-order valence-corrected chi connectivity index (χ3v) is 4.28. The lowest BCUT2D eigenvalue weighted by Gasteiger charge is -2.12. The van der Waals surface area contributed by atoms with E-state index in [1.165, 1.54) is 6.92 Å². The van der Waals surface area contributed by atoms with Gasteiger partial charge in [-0.2, -0.15) is 0 Å². The van der Waals surface area contributed by atoms with Crippen molar-refractivity contribution in [1.82, 2.24) is 10.3 Å². The number of ether oxygens (including phenoxy) is 1. The van der Waals surface area contributed by atoms with E-state index >= 15 is 0 Å². The summed E-state index contributed by atoms with van der Waals surface area (Å²) in [4.78, 5) is 39.5. The molecule has 0 saturated heterocycles. The average molecular weight is 385 g/mol. The zero-order chi connectivity index (χ0) is 19.4. The molecule has 0 spiro atoms. The van der Waals surface area contributed by atoms with Crippen molar-refractivity contribution in [2.75, 3.05) is 6.54 Å². The van der Waals surface area contributed by atoms with Crippen molar-refractivity contribution in [3.63, 3.8) is 0 Å². The molecule has 2 N–H and O–H groups in total. The van der Waals surface area contributed by atoms with E-state index in [0.29, 0.717) is 16.1 Å². The SMILES string of the molecule is CC(OC(=O)CNC(=O)c1ccc(Cl)cc1)C(=O)c1c[nH]c2ccccc12. The molecule has 0 bridgehead atoms. The van der Waals surface area contributed by atoms with Gasteiger partial charge in [0, 0.05) is 33.2 Å². The lowest BCUT2D eigenvalue weighted by molar-refractivity contribution is -0.145. The van der Waals surface area contributed by atoms with Crippen LogP contribution in [-0.4, -0.2) is 35.3 Å². The number of nitrogens with one attached hydrogen (secondary N) is 2. The zero-order valence-corrected chi connectivity index (χ0v) is 15.2. The number of aromatic nitrogens is 1. The van der Waals surface area contributed by atoms with Crippen LogP contribution in [-0.2, 0) is 9.53 Å². The normalized spacial score (nSPS) is 11.8. The number of rotatable bonds is 6. The maximum absolute atomic E-state index is 12.5. The van der Waals surface area contributed by atoms with Crippen LogP contribution in [0.5, 0.6) is 0 Å². The molecule has 7 heteroatoms. The Morgan fingerprint density at radius 3 is 2.56 bits per heavy atom. The van der Waals surface area contributed by atoms with Crippen LogP contribution in [0.3, 0.4) is 0 Å². The number of Topliss-reactive ketones (excluding diaryl/α,β-unsaturated/α-hetero) is 1. The summed E-state index contributed by atoms with van der Waals surface area (Å²) in [7, 11) is 0. The molecule has 0 aliphatic rings. The van der Waals surface area contributed by atoms with E-state index in [9.17, 15) is 14.4 Å². The van der Waals surface area contributed by atoms with Crippen LogP contribution >= 0.6 is 11.6 Å². The van der Waals surface area contributed by atoms with Gasteiger partial charge >= 0.3 is 5.97 Å². The number of para-hydroxylation sites is 1. The topological polar surface area (TPSA) is 88.3 Å². The highest BCUT2D eigenvalue weighted by Crippen LogP contribution is 2.19. The molecule has 1 atom stereocenters. The molecule has 138 valence electrons. The molecule has 27 heavy (non-hydrogen) atoms. The first kappa shape index (κ1) is 18.7. The van der Waals surface area contributed by atoms with Crippen LogP contribution in [0.25, 0.3) is 10.9 Å². The monoisotopic (exact) mass is 384 g/mol. The van der Waals surface area contributed by atoms with E-state index in [-0.39, 0.29) is 12.3 Å². The third kappa shape index (κ3) is 4.35. The predicted molar refractivity (Wildman–Crippen MR) is 102 cm³/mol. The Balaban J connectivity index is 1.56. The summed E-state index contributed by atoms with van der Waals surface area (Å²) in [6.45, 7) is 1.16. The van der Waals surface area contributed by atoms with E-state index in [2.05, 4.69) is 10.3 Å². The first-order valence-electron chi connectivity index (χ1n) is 8.29. The summed E-state index contributed by atoms with van der Waals surface area (Å²) in [5, 5.41) is 3.73. The Kier molecular flexibility index (Phi) is 5.57. The van der Waals surface area contributed by atoms with E-state index in [1.807, 2.05) is 24.3 Å². The fraction of sp³-hybridized carbons (Fsp3) is 0.150. The summed E-state index contributed by atoms with van der Waals surface area (Å²) in [6.07, 6.45) is 0.628. The van der Waals surface area contributed by atoms with Crippen molar-refractivity contribution in [3.8, 4) is 0 Å². The first-order valence-corrected chi connectivity index (χ1v) is 8.67. The molecule has 0 saturated carbocycles. The molecule has 0 aliphatic carbocycles. The van der Waals surface area contributed by atoms with Crippen LogP contribution < -0.4 is 5.32 Å². The van der Waals surface area contributed by atoms with Crippen LogP contribution in [0.4, 0.5) is 0 Å². The number of ketones is 1. The highest BCUT2D eigenvalue weighted by molar-refractivity contribution is 6.30. The van der Waals surface area contributed by atoms with Gasteiger partial charge in [0.05, 0.1) is 0 Å². The molecule has 1 heterocycles. The van der Waals surface area contributed by atoms with Gasteiger partial charge < -0.3 is 15.0 Å². The van der Waals surface area contributed by atoms with Crippen LogP contribution in [0, 0.1) is 0 Å². The van der Waals surface area contributed by atoms with Crippen molar-refractivity contribution in [3.05, 3.63) is 70.9 Å². The van der Waals surface area contributed by atoms with Crippen LogP contribution in [0.1, 0.15) is 27.6 Å². The van der Waals surface area contributed by atoms with E-state index in [4.69, 9.17) is 16.3 Å². The van der Waals surface area contributed by atoms with E-state index in [1.54, 1.807) is 30.5 Å². The minimum absolute atomic E-state index is 0.315. The minimum Gasteiger partial charge on any atom is -0.453 e. The van der Waals surface area contributed by atoms with Crippen molar-refractivity contribution >= 4 is 40.2 Å². The summed E-state index contributed by atoms with van der Waals surface area (Å²) in [5.74, 6) is -1.44. The third-order valence-electron chi connectivity index (χ3n) is 4.03. The standard InChI is InChI=1S/C20H17ClN2O4/c1-12(19(25)16-10-22-17-5-3-2-4-15(16)17)27-18(24)11-23-20(26)13-6-8-14(21)9-7-13/h2-10,12,22H,11H2,1H3,(H,23,26). The number of benzene rings is 2. The summed E-state index contributed by atoms with van der Waals surface area (Å²) < 4.78 is 5.15. The highest BCUT2D eigenvalue weighted by atomic mass is 35.5. The number of amides is 1. The van der Waals surface area contributed by atoms with Gasteiger partial charge in [0.25, 0.3) is 5.91 Å². The first-order chi connectivity index (χ1) is 13.0. The average Bonchev–Trinajstić information content (AvgIpc) is 3.10. The lowest BCUT2D eigenvalue weighted by atomic mass is 10.1. The van der Waals surface area contributed by atoms with Crippen molar-refractivity contribution in [2.24, 2.45) is 0 Å². The fourth-order valence-corrected chi connectivity index (χ4v) is 2.77. The summed E-state index contributed by atoms with van der Waals surface area (Å²) in [6, 6.07) is 13.6. The molecule has 1 amide bonds. The molecule has 0 fully saturated rings. The lowest BCUT2D eigenvalue weighted by Crippen LogP contribution is -2.34. The largest absolute Gasteiger partial charge is 0.453 e. The number of H-pyrrole nitrogens is 1. The number of hydrogen-bond donors (Lipinski definition) is 2. The number of aromatic amines is 1. The fourth-order valence-electron chi connectivity index (χ4n) is 2.64. The second kappa shape index (κ2) is 8.05. The minimum atomic E-state index is -0.968. The Morgan fingerprint density at radius 1 is 1.11 bits per heavy atom. The van der Waals surface area contributed by atoms with E-state index < -0.39 is 18.0 Å². The summed E-state index contributed by atoms with van der Waals surface area (Å²) >= 11 is 5.77. The number of halogens is 1. The maximum atomic E-state index is 12.5. The molecule has 2 aromatic carbocycles. The molecule has 0 radical (unpaired) electrons. The second-order valence-electron chi connectivity index (χ2n) is 5.93. The van der Waals surface area contributed by atoms with Crippen molar-refractivity contribution in [1.29, 1.82) is 0 Å². The van der Waals surface area contributed by atoms with Gasteiger partial charge in [-0.25, -0.2) is 0 Å². The molecule has 3 rings (SSSR count). The predicted octanol–water partition coefficient (Wildman–Crippen LogP) is 3.37. The number of carbonyl (C=O) groups excluding carboxylic acids is 3. The van der Waals surface area contributed by atoms with Crippen molar-refractivity contribution in [2.45, 2.75) is 13.0 Å². The number of fused-ring (bicyclic) bond motifs is 1.